The number of benzene rings is 3. The zero-order chi connectivity index (χ0) is 23.6. The van der Waals surface area contributed by atoms with Crippen LogP contribution in [0.3, 0.4) is 0 Å². The number of carbonyl (C=O) groups is 2. The maximum absolute atomic E-state index is 12.5. The lowest BCUT2D eigenvalue weighted by Crippen LogP contribution is -2.20. The lowest BCUT2D eigenvalue weighted by atomic mass is 10.2. The Hall–Kier alpha value is -4.26. The maximum Gasteiger partial charge on any atom is 0.262 e. The van der Waals surface area contributed by atoms with Gasteiger partial charge < -0.3 is 24.8 Å². The van der Waals surface area contributed by atoms with Crippen LogP contribution in [-0.4, -0.2) is 32.6 Å². The second-order valence-electron chi connectivity index (χ2n) is 6.98. The molecule has 0 spiro atoms. The molecule has 0 aliphatic rings. The highest BCUT2D eigenvalue weighted by Gasteiger charge is 2.11. The van der Waals surface area contributed by atoms with E-state index in [4.69, 9.17) is 14.2 Å². The second-order valence-corrected chi connectivity index (χ2v) is 6.98. The second kappa shape index (κ2) is 11.4. The minimum absolute atomic E-state index is 0.185. The molecule has 170 valence electrons. The number of nitrogens with one attached hydrogen (secondary N) is 2. The molecule has 33 heavy (non-hydrogen) atoms. The smallest absolute Gasteiger partial charge is 0.262 e. The van der Waals surface area contributed by atoms with Gasteiger partial charge in [0.2, 0.25) is 0 Å². The molecule has 3 aromatic rings. The summed E-state index contributed by atoms with van der Waals surface area (Å²) in [4.78, 5) is 24.8. The first-order valence-corrected chi connectivity index (χ1v) is 10.3. The first-order valence-electron chi connectivity index (χ1n) is 10.3. The molecule has 0 aliphatic carbocycles. The highest BCUT2D eigenvalue weighted by molar-refractivity contribution is 6.05. The van der Waals surface area contributed by atoms with Crippen LogP contribution in [0.2, 0.25) is 0 Å². The third-order valence-corrected chi connectivity index (χ3v) is 4.69. The topological polar surface area (TPSA) is 85.9 Å². The molecule has 0 aliphatic heterocycles. The van der Waals surface area contributed by atoms with E-state index >= 15 is 0 Å². The highest BCUT2D eigenvalue weighted by Crippen LogP contribution is 2.28. The Balaban J connectivity index is 1.56. The summed E-state index contributed by atoms with van der Waals surface area (Å²) in [5.74, 6) is 0.978. The lowest BCUT2D eigenvalue weighted by molar-refractivity contribution is -0.118. The van der Waals surface area contributed by atoms with Gasteiger partial charge in [0.05, 0.1) is 19.9 Å². The van der Waals surface area contributed by atoms with Crippen molar-refractivity contribution >= 4 is 29.3 Å². The number of amides is 2. The fourth-order valence-corrected chi connectivity index (χ4v) is 3.09. The number of hydrogen-bond acceptors (Lipinski definition) is 5. The van der Waals surface area contributed by atoms with Gasteiger partial charge in [-0.15, -0.1) is 0 Å². The van der Waals surface area contributed by atoms with Crippen molar-refractivity contribution in [3.63, 3.8) is 0 Å². The summed E-state index contributed by atoms with van der Waals surface area (Å²) in [6.07, 6.45) is 3.87. The Kier molecular flexibility index (Phi) is 8.07. The molecule has 0 aromatic heterocycles. The number of para-hydroxylation sites is 2. The zero-order valence-electron chi connectivity index (χ0n) is 18.8. The summed E-state index contributed by atoms with van der Waals surface area (Å²) in [7, 11) is 3.09. The molecule has 0 radical (unpaired) electrons. The fourth-order valence-electron chi connectivity index (χ4n) is 3.09. The van der Waals surface area contributed by atoms with Gasteiger partial charge in [-0.1, -0.05) is 30.4 Å². The van der Waals surface area contributed by atoms with E-state index in [1.54, 1.807) is 56.7 Å². The Labute approximate surface area is 193 Å². The van der Waals surface area contributed by atoms with E-state index < -0.39 is 0 Å². The van der Waals surface area contributed by atoms with E-state index in [2.05, 4.69) is 10.6 Å². The first-order chi connectivity index (χ1) is 16.0. The molecule has 2 amide bonds. The molecular formula is C26H26N2O5. The number of carbonyl (C=O) groups excluding carboxylic acids is 2. The van der Waals surface area contributed by atoms with Gasteiger partial charge in [0.25, 0.3) is 11.8 Å². The van der Waals surface area contributed by atoms with Gasteiger partial charge in [-0.2, -0.15) is 0 Å². The van der Waals surface area contributed by atoms with Gasteiger partial charge in [0, 0.05) is 11.3 Å². The summed E-state index contributed by atoms with van der Waals surface area (Å²) in [5.41, 5.74) is 2.55. The van der Waals surface area contributed by atoms with Crippen molar-refractivity contribution in [1.29, 1.82) is 0 Å². The van der Waals surface area contributed by atoms with Crippen LogP contribution in [0.4, 0.5) is 11.4 Å². The SMILES string of the molecule is C/C=C/c1ccc(OCC(=O)Nc2ccc(C(=O)Nc3ccccc3OC)cc2)c(OC)c1. The number of methoxy groups -OCH3 is 2. The molecule has 0 heterocycles. The molecule has 3 rings (SSSR count). The van der Waals surface area contributed by atoms with Crippen molar-refractivity contribution in [2.24, 2.45) is 0 Å². The highest BCUT2D eigenvalue weighted by atomic mass is 16.5. The van der Waals surface area contributed by atoms with Gasteiger partial charge in [-0.3, -0.25) is 9.59 Å². The molecule has 0 unspecified atom stereocenters. The molecule has 0 saturated heterocycles. The number of rotatable bonds is 9. The maximum atomic E-state index is 12.5. The average molecular weight is 447 g/mol. The van der Waals surface area contributed by atoms with Gasteiger partial charge in [0.15, 0.2) is 18.1 Å². The van der Waals surface area contributed by atoms with Crippen molar-refractivity contribution in [2.75, 3.05) is 31.5 Å². The van der Waals surface area contributed by atoms with E-state index in [-0.39, 0.29) is 18.4 Å². The Bertz CT molecular complexity index is 1140. The standard InChI is InChI=1S/C26H26N2O5/c1-4-7-18-10-15-23(24(16-18)32-3)33-17-25(29)27-20-13-11-19(12-14-20)26(30)28-21-8-5-6-9-22(21)31-2/h4-16H,17H2,1-3H3,(H,27,29)(H,28,30)/b7-4+. The van der Waals surface area contributed by atoms with Crippen molar-refractivity contribution in [3.8, 4) is 17.2 Å². The monoisotopic (exact) mass is 446 g/mol. The minimum atomic E-state index is -0.333. The number of allylic oxidation sites excluding steroid dienone is 1. The minimum Gasteiger partial charge on any atom is -0.495 e. The van der Waals surface area contributed by atoms with Crippen molar-refractivity contribution in [2.45, 2.75) is 6.92 Å². The largest absolute Gasteiger partial charge is 0.495 e. The van der Waals surface area contributed by atoms with Crippen LogP contribution in [-0.2, 0) is 4.79 Å². The fraction of sp³-hybridized carbons (Fsp3) is 0.154. The van der Waals surface area contributed by atoms with Crippen LogP contribution < -0.4 is 24.8 Å². The molecule has 7 heteroatoms. The molecule has 0 fully saturated rings. The molecule has 3 aromatic carbocycles. The first kappa shape index (κ1) is 23.4. The summed E-state index contributed by atoms with van der Waals surface area (Å²) in [5, 5.41) is 5.56. The van der Waals surface area contributed by atoms with Gasteiger partial charge >= 0.3 is 0 Å². The predicted molar refractivity (Wildman–Crippen MR) is 129 cm³/mol. The molecule has 0 saturated carbocycles. The van der Waals surface area contributed by atoms with Crippen LogP contribution in [0, 0.1) is 0 Å². The Morgan fingerprint density at radius 1 is 0.848 bits per heavy atom. The van der Waals surface area contributed by atoms with Crippen LogP contribution >= 0.6 is 0 Å². The summed E-state index contributed by atoms with van der Waals surface area (Å²) < 4.78 is 16.2. The predicted octanol–water partition coefficient (Wildman–Crippen LogP) is 5.01. The molecule has 0 bridgehead atoms. The van der Waals surface area contributed by atoms with E-state index in [1.165, 1.54) is 0 Å². The molecule has 7 nitrogen and oxygen atoms in total. The van der Waals surface area contributed by atoms with Crippen LogP contribution in [0.5, 0.6) is 17.2 Å². The van der Waals surface area contributed by atoms with Crippen LogP contribution in [0.15, 0.2) is 72.8 Å². The van der Waals surface area contributed by atoms with Crippen LogP contribution in [0.1, 0.15) is 22.8 Å². The van der Waals surface area contributed by atoms with Crippen molar-refractivity contribution in [3.05, 3.63) is 83.9 Å². The Morgan fingerprint density at radius 2 is 1.58 bits per heavy atom. The third kappa shape index (κ3) is 6.36. The molecular weight excluding hydrogens is 420 g/mol. The summed E-state index contributed by atoms with van der Waals surface area (Å²) in [6.45, 7) is 1.75. The Morgan fingerprint density at radius 3 is 2.27 bits per heavy atom. The number of hydrogen-bond donors (Lipinski definition) is 2. The summed E-state index contributed by atoms with van der Waals surface area (Å²) >= 11 is 0. The van der Waals surface area contributed by atoms with Crippen molar-refractivity contribution in [1.82, 2.24) is 0 Å². The van der Waals surface area contributed by atoms with Gasteiger partial charge in [0.1, 0.15) is 5.75 Å². The quantitative estimate of drug-likeness (QED) is 0.483. The molecule has 0 atom stereocenters. The zero-order valence-corrected chi connectivity index (χ0v) is 18.8. The number of ether oxygens (including phenoxy) is 3. The van der Waals surface area contributed by atoms with E-state index in [0.29, 0.717) is 34.2 Å². The lowest BCUT2D eigenvalue weighted by Gasteiger charge is -2.12. The molecule has 2 N–H and O–H groups in total. The van der Waals surface area contributed by atoms with Gasteiger partial charge in [-0.05, 0) is 61.0 Å². The van der Waals surface area contributed by atoms with E-state index in [0.717, 1.165) is 5.56 Å². The normalized spacial score (nSPS) is 10.5. The van der Waals surface area contributed by atoms with E-state index in [9.17, 15) is 9.59 Å². The van der Waals surface area contributed by atoms with Crippen molar-refractivity contribution < 1.29 is 23.8 Å². The van der Waals surface area contributed by atoms with E-state index in [1.807, 2.05) is 43.3 Å². The number of anilines is 2. The summed E-state index contributed by atoms with van der Waals surface area (Å²) in [6, 6.07) is 19.2. The van der Waals surface area contributed by atoms with Gasteiger partial charge in [-0.25, -0.2) is 0 Å². The third-order valence-electron chi connectivity index (χ3n) is 4.69. The van der Waals surface area contributed by atoms with Crippen LogP contribution in [0.25, 0.3) is 6.08 Å². The average Bonchev–Trinajstić information content (AvgIpc) is 2.84.